The third-order valence-electron chi connectivity index (χ3n) is 4.12. The minimum absolute atomic E-state index is 0.00289. The standard InChI is InChI=1S/C22H20O4S/c23-13-18(24)14-26-19-10-11-20(21(25)12-19)22(27)17-8-6-16(7-9-17)15-4-2-1-3-5-15/h1-12,18,23-25H,13-14H2. The van der Waals surface area contributed by atoms with Crippen molar-refractivity contribution in [3.63, 3.8) is 0 Å². The highest BCUT2D eigenvalue weighted by atomic mass is 32.1. The zero-order valence-electron chi connectivity index (χ0n) is 14.6. The van der Waals surface area contributed by atoms with Crippen molar-refractivity contribution in [2.45, 2.75) is 6.10 Å². The normalized spacial score (nSPS) is 11.8. The van der Waals surface area contributed by atoms with Gasteiger partial charge in [-0.05, 0) is 28.8 Å². The fourth-order valence-electron chi connectivity index (χ4n) is 2.64. The van der Waals surface area contributed by atoms with Crippen LogP contribution in [-0.4, -0.2) is 39.5 Å². The average Bonchev–Trinajstić information content (AvgIpc) is 2.72. The summed E-state index contributed by atoms with van der Waals surface area (Å²) in [7, 11) is 0. The van der Waals surface area contributed by atoms with Crippen molar-refractivity contribution < 1.29 is 20.1 Å². The minimum atomic E-state index is -0.962. The molecule has 0 aliphatic carbocycles. The Kier molecular flexibility index (Phi) is 6.19. The Labute approximate surface area is 163 Å². The number of benzene rings is 3. The van der Waals surface area contributed by atoms with E-state index in [0.29, 0.717) is 16.2 Å². The van der Waals surface area contributed by atoms with Gasteiger partial charge in [0.05, 0.1) is 11.5 Å². The van der Waals surface area contributed by atoms with Gasteiger partial charge in [0.25, 0.3) is 0 Å². The summed E-state index contributed by atoms with van der Waals surface area (Å²) in [6.45, 7) is -0.437. The maximum absolute atomic E-state index is 10.3. The zero-order valence-corrected chi connectivity index (χ0v) is 15.4. The van der Waals surface area contributed by atoms with E-state index in [0.717, 1.165) is 16.7 Å². The van der Waals surface area contributed by atoms with Crippen LogP contribution in [0.2, 0.25) is 0 Å². The molecule has 0 fully saturated rings. The van der Waals surface area contributed by atoms with Crippen LogP contribution >= 0.6 is 12.2 Å². The molecule has 3 rings (SSSR count). The van der Waals surface area contributed by atoms with Crippen molar-refractivity contribution >= 4 is 17.1 Å². The van der Waals surface area contributed by atoms with Crippen molar-refractivity contribution in [2.75, 3.05) is 13.2 Å². The number of hydrogen-bond acceptors (Lipinski definition) is 5. The first-order valence-corrected chi connectivity index (χ1v) is 8.94. The molecule has 0 spiro atoms. The molecular formula is C22H20O4S. The molecule has 0 saturated carbocycles. The van der Waals surface area contributed by atoms with Gasteiger partial charge in [0, 0.05) is 11.6 Å². The quantitative estimate of drug-likeness (QED) is 0.432. The summed E-state index contributed by atoms with van der Waals surface area (Å²) in [6.07, 6.45) is -0.962. The molecule has 0 aliphatic heterocycles. The van der Waals surface area contributed by atoms with Crippen LogP contribution in [0.3, 0.4) is 0 Å². The maximum atomic E-state index is 10.3. The van der Waals surface area contributed by atoms with Crippen LogP contribution in [0.1, 0.15) is 11.1 Å². The van der Waals surface area contributed by atoms with Gasteiger partial charge in [0.15, 0.2) is 0 Å². The fourth-order valence-corrected chi connectivity index (χ4v) is 2.95. The SMILES string of the molecule is OCC(O)COc1ccc(C(=S)c2ccc(-c3ccccc3)cc2)c(O)c1. The van der Waals surface area contributed by atoms with Crippen molar-refractivity contribution in [1.82, 2.24) is 0 Å². The number of thiocarbonyl (C=S) groups is 1. The molecule has 3 N–H and O–H groups in total. The largest absolute Gasteiger partial charge is 0.507 e. The Morgan fingerprint density at radius 1 is 0.926 bits per heavy atom. The van der Waals surface area contributed by atoms with E-state index in [-0.39, 0.29) is 19.0 Å². The van der Waals surface area contributed by atoms with E-state index >= 15 is 0 Å². The first kappa shape index (κ1) is 19.0. The van der Waals surface area contributed by atoms with Crippen LogP contribution in [0.4, 0.5) is 0 Å². The molecule has 5 heteroatoms. The van der Waals surface area contributed by atoms with Crippen LogP contribution in [-0.2, 0) is 0 Å². The van der Waals surface area contributed by atoms with E-state index in [4.69, 9.17) is 22.1 Å². The van der Waals surface area contributed by atoms with Gasteiger partial charge >= 0.3 is 0 Å². The predicted octanol–water partition coefficient (Wildman–Crippen LogP) is 3.56. The average molecular weight is 380 g/mol. The molecule has 3 aromatic rings. The third kappa shape index (κ3) is 4.71. The molecule has 1 atom stereocenters. The van der Waals surface area contributed by atoms with E-state index in [1.165, 1.54) is 6.07 Å². The van der Waals surface area contributed by atoms with Gasteiger partial charge in [-0.25, -0.2) is 0 Å². The highest BCUT2D eigenvalue weighted by Crippen LogP contribution is 2.27. The number of hydrogen-bond donors (Lipinski definition) is 3. The lowest BCUT2D eigenvalue weighted by molar-refractivity contribution is 0.0535. The number of rotatable bonds is 7. The number of aliphatic hydroxyl groups is 2. The third-order valence-corrected chi connectivity index (χ3v) is 4.58. The Morgan fingerprint density at radius 2 is 1.59 bits per heavy atom. The minimum Gasteiger partial charge on any atom is -0.507 e. The summed E-state index contributed by atoms with van der Waals surface area (Å²) in [4.78, 5) is 0.536. The zero-order chi connectivity index (χ0) is 19.2. The lowest BCUT2D eigenvalue weighted by Gasteiger charge is -2.12. The molecule has 0 bridgehead atoms. The second-order valence-corrected chi connectivity index (χ2v) is 6.51. The highest BCUT2D eigenvalue weighted by molar-refractivity contribution is 7.81. The number of ether oxygens (including phenoxy) is 1. The monoisotopic (exact) mass is 380 g/mol. The maximum Gasteiger partial charge on any atom is 0.127 e. The number of phenols is 1. The van der Waals surface area contributed by atoms with E-state index in [9.17, 15) is 10.2 Å². The Bertz CT molecular complexity index is 907. The van der Waals surface area contributed by atoms with Crippen molar-refractivity contribution in [1.29, 1.82) is 0 Å². The van der Waals surface area contributed by atoms with Crippen LogP contribution in [0.25, 0.3) is 11.1 Å². The molecule has 138 valence electrons. The van der Waals surface area contributed by atoms with Gasteiger partial charge < -0.3 is 20.1 Å². The Balaban J connectivity index is 1.75. The van der Waals surface area contributed by atoms with Gasteiger partial charge in [-0.3, -0.25) is 0 Å². The van der Waals surface area contributed by atoms with Gasteiger partial charge in [0.1, 0.15) is 24.2 Å². The first-order valence-electron chi connectivity index (χ1n) is 8.53. The number of aliphatic hydroxyl groups excluding tert-OH is 2. The molecule has 0 aliphatic rings. The summed E-state index contributed by atoms with van der Waals surface area (Å²) in [5.41, 5.74) is 3.60. The molecule has 0 heterocycles. The molecule has 0 amide bonds. The van der Waals surface area contributed by atoms with Crippen LogP contribution in [0.15, 0.2) is 72.8 Å². The van der Waals surface area contributed by atoms with Crippen LogP contribution in [0, 0.1) is 0 Å². The van der Waals surface area contributed by atoms with Crippen molar-refractivity contribution in [2.24, 2.45) is 0 Å². The number of aromatic hydroxyl groups is 1. The van der Waals surface area contributed by atoms with Gasteiger partial charge in [0.2, 0.25) is 0 Å². The summed E-state index contributed by atoms with van der Waals surface area (Å²) < 4.78 is 5.33. The smallest absolute Gasteiger partial charge is 0.127 e. The summed E-state index contributed by atoms with van der Waals surface area (Å²) in [6, 6.07) is 22.7. The molecule has 0 aromatic heterocycles. The number of phenolic OH excluding ortho intramolecular Hbond substituents is 1. The molecule has 27 heavy (non-hydrogen) atoms. The molecular weight excluding hydrogens is 360 g/mol. The lowest BCUT2D eigenvalue weighted by Crippen LogP contribution is -2.21. The second kappa shape index (κ2) is 8.77. The fraction of sp³-hybridized carbons (Fsp3) is 0.136. The summed E-state index contributed by atoms with van der Waals surface area (Å²) in [5.74, 6) is 0.397. The van der Waals surface area contributed by atoms with Crippen molar-refractivity contribution in [3.05, 3.63) is 83.9 Å². The van der Waals surface area contributed by atoms with E-state index < -0.39 is 6.10 Å². The Morgan fingerprint density at radius 3 is 2.22 bits per heavy atom. The van der Waals surface area contributed by atoms with Crippen LogP contribution in [0.5, 0.6) is 11.5 Å². The van der Waals surface area contributed by atoms with E-state index in [1.807, 2.05) is 54.6 Å². The highest BCUT2D eigenvalue weighted by Gasteiger charge is 2.12. The van der Waals surface area contributed by atoms with Gasteiger partial charge in [-0.2, -0.15) is 0 Å². The van der Waals surface area contributed by atoms with Gasteiger partial charge in [-0.15, -0.1) is 0 Å². The molecule has 1 unspecified atom stereocenters. The van der Waals surface area contributed by atoms with Crippen molar-refractivity contribution in [3.8, 4) is 22.6 Å². The molecule has 0 radical (unpaired) electrons. The summed E-state index contributed by atoms with van der Waals surface area (Å²) >= 11 is 5.53. The lowest BCUT2D eigenvalue weighted by atomic mass is 9.99. The first-order chi connectivity index (χ1) is 13.1. The van der Waals surface area contributed by atoms with Gasteiger partial charge in [-0.1, -0.05) is 66.8 Å². The second-order valence-electron chi connectivity index (χ2n) is 6.10. The molecule has 0 saturated heterocycles. The van der Waals surface area contributed by atoms with E-state index in [1.54, 1.807) is 12.1 Å². The van der Waals surface area contributed by atoms with E-state index in [2.05, 4.69) is 0 Å². The topological polar surface area (TPSA) is 69.9 Å². The molecule has 4 nitrogen and oxygen atoms in total. The predicted molar refractivity (Wildman–Crippen MR) is 109 cm³/mol. The molecule has 3 aromatic carbocycles. The Hall–Kier alpha value is -2.73. The van der Waals surface area contributed by atoms with Crippen LogP contribution < -0.4 is 4.74 Å². The summed E-state index contributed by atoms with van der Waals surface area (Å²) in [5, 5.41) is 28.4.